The maximum Gasteiger partial charge on any atom is 0.119 e. The summed E-state index contributed by atoms with van der Waals surface area (Å²) in [5.74, 6) is 0.913. The first kappa shape index (κ1) is 24.7. The Morgan fingerprint density at radius 3 is 2.28 bits per heavy atom. The highest BCUT2D eigenvalue weighted by Crippen LogP contribution is 2.20. The number of aromatic nitrogens is 1. The third kappa shape index (κ3) is 9.59. The number of piperazine rings is 1. The lowest BCUT2D eigenvalue weighted by atomic mass is 10.2. The molecule has 0 bridgehead atoms. The lowest BCUT2D eigenvalue weighted by molar-refractivity contribution is 0.257. The monoisotopic (exact) mass is 398 g/mol. The molecular formula is C24H38N4O. The highest BCUT2D eigenvalue weighted by Gasteiger charge is 2.16. The van der Waals surface area contributed by atoms with E-state index in [4.69, 9.17) is 4.74 Å². The Morgan fingerprint density at radius 1 is 1.07 bits per heavy atom. The van der Waals surface area contributed by atoms with E-state index in [0.29, 0.717) is 0 Å². The van der Waals surface area contributed by atoms with E-state index in [1.807, 2.05) is 51.2 Å². The fourth-order valence-corrected chi connectivity index (χ4v) is 2.98. The summed E-state index contributed by atoms with van der Waals surface area (Å²) in [6.07, 6.45) is 3.59. The quantitative estimate of drug-likeness (QED) is 0.559. The van der Waals surface area contributed by atoms with E-state index in [9.17, 15) is 0 Å². The summed E-state index contributed by atoms with van der Waals surface area (Å²) in [5, 5.41) is 3.47. The summed E-state index contributed by atoms with van der Waals surface area (Å²) >= 11 is 0. The van der Waals surface area contributed by atoms with Crippen LogP contribution in [0.2, 0.25) is 0 Å². The van der Waals surface area contributed by atoms with Crippen molar-refractivity contribution in [2.24, 2.45) is 0 Å². The normalized spacial score (nSPS) is 13.4. The Morgan fingerprint density at radius 2 is 1.72 bits per heavy atom. The summed E-state index contributed by atoms with van der Waals surface area (Å²) in [6, 6.07) is 14.4. The molecule has 1 aromatic heterocycles. The second-order valence-corrected chi connectivity index (χ2v) is 6.43. The van der Waals surface area contributed by atoms with Crippen LogP contribution in [0.1, 0.15) is 26.5 Å². The molecule has 1 fully saturated rings. The minimum atomic E-state index is 0.840. The first-order valence-electron chi connectivity index (χ1n) is 10.6. The van der Waals surface area contributed by atoms with Gasteiger partial charge in [-0.3, -0.25) is 9.88 Å². The van der Waals surface area contributed by atoms with Gasteiger partial charge >= 0.3 is 0 Å². The van der Waals surface area contributed by atoms with Gasteiger partial charge in [0.1, 0.15) is 5.75 Å². The molecule has 0 radical (unpaired) electrons. The smallest absolute Gasteiger partial charge is 0.119 e. The molecule has 1 aliphatic heterocycles. The van der Waals surface area contributed by atoms with Gasteiger partial charge in [0.05, 0.1) is 12.8 Å². The molecule has 1 aliphatic rings. The SMILES string of the molecule is C=CC.CC.COc1ccc(N2CCN(CCNCc3ccccn3)CC2)cc1. The van der Waals surface area contributed by atoms with E-state index < -0.39 is 0 Å². The Labute approximate surface area is 177 Å². The molecule has 3 rings (SSSR count). The van der Waals surface area contributed by atoms with Crippen molar-refractivity contribution in [3.63, 3.8) is 0 Å². The first-order valence-corrected chi connectivity index (χ1v) is 10.6. The van der Waals surface area contributed by atoms with Crippen LogP contribution in [0.5, 0.6) is 5.75 Å². The minimum Gasteiger partial charge on any atom is -0.497 e. The zero-order valence-corrected chi connectivity index (χ0v) is 18.6. The van der Waals surface area contributed by atoms with Crippen LogP contribution in [0.25, 0.3) is 0 Å². The summed E-state index contributed by atoms with van der Waals surface area (Å²) in [6.45, 7) is 16.5. The lowest BCUT2D eigenvalue weighted by Crippen LogP contribution is -2.48. The molecule has 29 heavy (non-hydrogen) atoms. The third-order valence-corrected chi connectivity index (χ3v) is 4.45. The molecule has 1 N–H and O–H groups in total. The van der Waals surface area contributed by atoms with Crippen molar-refractivity contribution >= 4 is 5.69 Å². The Balaban J connectivity index is 0.000000771. The van der Waals surface area contributed by atoms with Crippen LogP contribution in [0.3, 0.4) is 0 Å². The van der Waals surface area contributed by atoms with E-state index >= 15 is 0 Å². The van der Waals surface area contributed by atoms with Gasteiger partial charge in [-0.2, -0.15) is 0 Å². The van der Waals surface area contributed by atoms with Gasteiger partial charge < -0.3 is 15.0 Å². The van der Waals surface area contributed by atoms with Gasteiger partial charge in [0, 0.05) is 57.7 Å². The molecule has 1 saturated heterocycles. The topological polar surface area (TPSA) is 40.6 Å². The standard InChI is InChI=1S/C19H26N4O.C3H6.C2H6/c1-24-19-7-5-18(6-8-19)23-14-12-22(13-15-23)11-10-20-16-17-4-2-3-9-21-17;1-3-2;1-2/h2-9,20H,10-16H2,1H3;3H,1H2,2H3;1-2H3. The van der Waals surface area contributed by atoms with Gasteiger partial charge in [-0.05, 0) is 43.3 Å². The van der Waals surface area contributed by atoms with E-state index in [-0.39, 0.29) is 0 Å². The van der Waals surface area contributed by atoms with Gasteiger partial charge in [0.15, 0.2) is 0 Å². The maximum atomic E-state index is 5.22. The molecule has 160 valence electrons. The van der Waals surface area contributed by atoms with E-state index in [1.54, 1.807) is 13.2 Å². The number of pyridine rings is 1. The van der Waals surface area contributed by atoms with Crippen LogP contribution >= 0.6 is 0 Å². The fourth-order valence-electron chi connectivity index (χ4n) is 2.98. The number of benzene rings is 1. The molecule has 5 heteroatoms. The van der Waals surface area contributed by atoms with E-state index in [2.05, 4.69) is 44.9 Å². The van der Waals surface area contributed by atoms with Crippen molar-refractivity contribution in [3.05, 3.63) is 67.0 Å². The van der Waals surface area contributed by atoms with Crippen LogP contribution in [0.4, 0.5) is 5.69 Å². The fraction of sp³-hybridized carbons (Fsp3) is 0.458. The van der Waals surface area contributed by atoms with Gasteiger partial charge in [-0.1, -0.05) is 26.0 Å². The number of allylic oxidation sites excluding steroid dienone is 1. The van der Waals surface area contributed by atoms with Crippen LogP contribution in [0.15, 0.2) is 61.3 Å². The van der Waals surface area contributed by atoms with Gasteiger partial charge in [-0.25, -0.2) is 0 Å². The first-order chi connectivity index (χ1) is 14.3. The number of hydrogen-bond acceptors (Lipinski definition) is 5. The zero-order chi connectivity index (χ0) is 21.3. The summed E-state index contributed by atoms with van der Waals surface area (Å²) in [4.78, 5) is 9.29. The summed E-state index contributed by atoms with van der Waals surface area (Å²) in [5.41, 5.74) is 2.38. The molecular weight excluding hydrogens is 360 g/mol. The van der Waals surface area contributed by atoms with Gasteiger partial charge in [0.25, 0.3) is 0 Å². The molecule has 0 saturated carbocycles. The van der Waals surface area contributed by atoms with Gasteiger partial charge in [0.2, 0.25) is 0 Å². The van der Waals surface area contributed by atoms with Crippen molar-refractivity contribution < 1.29 is 4.74 Å². The van der Waals surface area contributed by atoms with Crippen LogP contribution < -0.4 is 15.0 Å². The number of methoxy groups -OCH3 is 1. The number of nitrogens with zero attached hydrogens (tertiary/aromatic N) is 3. The number of rotatable bonds is 7. The van der Waals surface area contributed by atoms with E-state index in [1.165, 1.54) is 5.69 Å². The van der Waals surface area contributed by atoms with Crippen LogP contribution in [-0.2, 0) is 6.54 Å². The second-order valence-electron chi connectivity index (χ2n) is 6.43. The van der Waals surface area contributed by atoms with E-state index in [0.717, 1.165) is 57.3 Å². The molecule has 0 aliphatic carbocycles. The molecule has 2 heterocycles. The number of hydrogen-bond donors (Lipinski definition) is 1. The lowest BCUT2D eigenvalue weighted by Gasteiger charge is -2.36. The average molecular weight is 399 g/mol. The predicted molar refractivity (Wildman–Crippen MR) is 125 cm³/mol. The average Bonchev–Trinajstić information content (AvgIpc) is 2.80. The highest BCUT2D eigenvalue weighted by molar-refractivity contribution is 5.49. The van der Waals surface area contributed by atoms with Crippen molar-refractivity contribution in [3.8, 4) is 5.75 Å². The molecule has 5 nitrogen and oxygen atoms in total. The molecule has 2 aromatic rings. The summed E-state index contributed by atoms with van der Waals surface area (Å²) < 4.78 is 5.22. The third-order valence-electron chi connectivity index (χ3n) is 4.45. The van der Waals surface area contributed by atoms with Gasteiger partial charge in [-0.15, -0.1) is 6.58 Å². The zero-order valence-electron chi connectivity index (χ0n) is 18.6. The predicted octanol–water partition coefficient (Wildman–Crippen LogP) is 4.22. The maximum absolute atomic E-state index is 5.22. The summed E-state index contributed by atoms with van der Waals surface area (Å²) in [7, 11) is 1.70. The Bertz CT molecular complexity index is 638. The molecule has 0 atom stereocenters. The van der Waals surface area contributed by atoms with Crippen LogP contribution in [0, 0.1) is 0 Å². The Kier molecular flexibility index (Phi) is 13.2. The molecule has 0 unspecified atom stereocenters. The molecule has 1 aromatic carbocycles. The molecule has 0 amide bonds. The second kappa shape index (κ2) is 15.5. The number of nitrogens with one attached hydrogen (secondary N) is 1. The highest BCUT2D eigenvalue weighted by atomic mass is 16.5. The Hall–Kier alpha value is -2.37. The number of anilines is 1. The van der Waals surface area contributed by atoms with Crippen LogP contribution in [-0.4, -0.2) is 56.3 Å². The van der Waals surface area contributed by atoms with Crippen molar-refractivity contribution in [1.29, 1.82) is 0 Å². The van der Waals surface area contributed by atoms with Crippen molar-refractivity contribution in [1.82, 2.24) is 15.2 Å². The number of ether oxygens (including phenoxy) is 1. The largest absolute Gasteiger partial charge is 0.497 e. The minimum absolute atomic E-state index is 0.840. The van der Waals surface area contributed by atoms with Crippen molar-refractivity contribution in [2.45, 2.75) is 27.3 Å². The molecule has 0 spiro atoms. The van der Waals surface area contributed by atoms with Crippen molar-refractivity contribution in [2.75, 3.05) is 51.3 Å².